The zero-order valence-electron chi connectivity index (χ0n) is 22.9. The van der Waals surface area contributed by atoms with E-state index in [9.17, 15) is 9.59 Å². The molecule has 3 heterocycles. The molecule has 3 aromatic heterocycles. The number of aryl methyl sites for hydroxylation is 1. The van der Waals surface area contributed by atoms with E-state index in [0.29, 0.717) is 49.9 Å². The van der Waals surface area contributed by atoms with Gasteiger partial charge in [-0.15, -0.1) is 0 Å². The van der Waals surface area contributed by atoms with E-state index in [-0.39, 0.29) is 5.56 Å². The summed E-state index contributed by atoms with van der Waals surface area (Å²) < 4.78 is 7.87. The van der Waals surface area contributed by atoms with Gasteiger partial charge in [0.05, 0.1) is 33.3 Å². The number of ether oxygens (including phenoxy) is 1. The summed E-state index contributed by atoms with van der Waals surface area (Å²) in [5.74, 6) is 1.46. The molecule has 6 aromatic rings. The SMILES string of the molecule is CCCCc1cc(NC(=O)Nc2ccc(Oc3ccnc4[nH]c(=O)cnc34)c3ccccc23)n(-c2ccc(Cl)c(Cl)c2)n1. The van der Waals surface area contributed by atoms with E-state index in [1.807, 2.05) is 30.3 Å². The fourth-order valence-electron chi connectivity index (χ4n) is 4.68. The number of fused-ring (bicyclic) bond motifs is 2. The molecule has 0 aliphatic carbocycles. The summed E-state index contributed by atoms with van der Waals surface area (Å²) in [7, 11) is 0. The molecule has 0 fully saturated rings. The number of carbonyl (C=O) groups is 1. The lowest BCUT2D eigenvalue weighted by atomic mass is 10.1. The average Bonchev–Trinajstić information content (AvgIpc) is 3.40. The standard InChI is InChI=1S/C31H25Cl2N7O3/c1-2-3-6-18-15-27(40(39-18)19-9-10-22(32)23(33)16-19)37-31(42)36-24-11-12-25(21-8-5-4-7-20(21)24)43-26-13-14-34-30-29(26)35-17-28(41)38-30/h4-5,7-17H,2-3,6H2,1H3,(H,34,38,41)(H2,36,37,42). The van der Waals surface area contributed by atoms with Crippen molar-refractivity contribution in [1.82, 2.24) is 24.7 Å². The minimum Gasteiger partial charge on any atom is -0.454 e. The summed E-state index contributed by atoms with van der Waals surface area (Å²) in [5, 5.41) is 12.9. The van der Waals surface area contributed by atoms with E-state index in [1.165, 1.54) is 12.4 Å². The van der Waals surface area contributed by atoms with Crippen molar-refractivity contribution in [3.63, 3.8) is 0 Å². The van der Waals surface area contributed by atoms with Gasteiger partial charge in [-0.3, -0.25) is 10.1 Å². The van der Waals surface area contributed by atoms with Gasteiger partial charge in [0.1, 0.15) is 17.1 Å². The molecule has 12 heteroatoms. The van der Waals surface area contributed by atoms with E-state index in [4.69, 9.17) is 33.0 Å². The Morgan fingerprint density at radius 3 is 2.60 bits per heavy atom. The summed E-state index contributed by atoms with van der Waals surface area (Å²) >= 11 is 12.4. The maximum Gasteiger partial charge on any atom is 0.324 e. The van der Waals surface area contributed by atoms with Crippen LogP contribution in [0.3, 0.4) is 0 Å². The van der Waals surface area contributed by atoms with Crippen LogP contribution in [0.2, 0.25) is 10.0 Å². The van der Waals surface area contributed by atoms with Crippen LogP contribution in [0.5, 0.6) is 11.5 Å². The van der Waals surface area contributed by atoms with Gasteiger partial charge in [-0.1, -0.05) is 60.8 Å². The maximum absolute atomic E-state index is 13.3. The number of pyridine rings is 1. The molecule has 43 heavy (non-hydrogen) atoms. The molecule has 0 spiro atoms. The average molecular weight is 614 g/mol. The molecule has 0 saturated carbocycles. The quantitative estimate of drug-likeness (QED) is 0.161. The molecule has 0 radical (unpaired) electrons. The van der Waals surface area contributed by atoms with Crippen molar-refractivity contribution in [1.29, 1.82) is 0 Å². The third kappa shape index (κ3) is 6.01. The van der Waals surface area contributed by atoms with Gasteiger partial charge in [0.15, 0.2) is 11.4 Å². The van der Waals surface area contributed by atoms with Crippen LogP contribution in [-0.2, 0) is 6.42 Å². The zero-order chi connectivity index (χ0) is 29.9. The van der Waals surface area contributed by atoms with Crippen molar-refractivity contribution in [2.24, 2.45) is 0 Å². The number of hydrogen-bond donors (Lipinski definition) is 3. The van der Waals surface area contributed by atoms with Gasteiger partial charge >= 0.3 is 6.03 Å². The Morgan fingerprint density at radius 1 is 0.953 bits per heavy atom. The second-order valence-corrected chi connectivity index (χ2v) is 10.5. The number of carbonyl (C=O) groups excluding carboxylic acids is 1. The van der Waals surface area contributed by atoms with Gasteiger partial charge in [0.2, 0.25) is 0 Å². The lowest BCUT2D eigenvalue weighted by Gasteiger charge is -2.15. The number of nitrogens with one attached hydrogen (secondary N) is 3. The smallest absolute Gasteiger partial charge is 0.324 e. The Morgan fingerprint density at radius 2 is 1.79 bits per heavy atom. The molecular weight excluding hydrogens is 589 g/mol. The van der Waals surface area contributed by atoms with Crippen molar-refractivity contribution in [2.75, 3.05) is 10.6 Å². The van der Waals surface area contributed by atoms with Crippen LogP contribution in [-0.4, -0.2) is 30.8 Å². The lowest BCUT2D eigenvalue weighted by Crippen LogP contribution is -2.21. The van der Waals surface area contributed by atoms with Gasteiger partial charge in [0.25, 0.3) is 5.56 Å². The van der Waals surface area contributed by atoms with Crippen molar-refractivity contribution >= 4 is 62.7 Å². The van der Waals surface area contributed by atoms with Crippen LogP contribution in [0.25, 0.3) is 27.6 Å². The Labute approximate surface area is 255 Å². The first-order chi connectivity index (χ1) is 20.9. The molecule has 0 aliphatic rings. The van der Waals surface area contributed by atoms with Crippen LogP contribution < -0.4 is 20.9 Å². The summed E-state index contributed by atoms with van der Waals surface area (Å²) in [6, 6.07) is 19.3. The maximum atomic E-state index is 13.3. The predicted octanol–water partition coefficient (Wildman–Crippen LogP) is 7.74. The second kappa shape index (κ2) is 12.1. The third-order valence-electron chi connectivity index (χ3n) is 6.73. The molecule has 0 saturated heterocycles. The van der Waals surface area contributed by atoms with E-state index in [0.717, 1.165) is 35.7 Å². The van der Waals surface area contributed by atoms with Crippen molar-refractivity contribution in [3.05, 3.63) is 105 Å². The highest BCUT2D eigenvalue weighted by Gasteiger charge is 2.16. The monoisotopic (exact) mass is 613 g/mol. The van der Waals surface area contributed by atoms with Gasteiger partial charge in [0, 0.05) is 29.1 Å². The number of rotatable bonds is 8. The Kier molecular flexibility index (Phi) is 7.95. The van der Waals surface area contributed by atoms with Crippen molar-refractivity contribution < 1.29 is 9.53 Å². The van der Waals surface area contributed by atoms with Gasteiger partial charge < -0.3 is 15.0 Å². The van der Waals surface area contributed by atoms with E-state index < -0.39 is 6.03 Å². The predicted molar refractivity (Wildman–Crippen MR) is 169 cm³/mol. The number of nitrogens with zero attached hydrogens (tertiary/aromatic N) is 4. The zero-order valence-corrected chi connectivity index (χ0v) is 24.4. The first kappa shape index (κ1) is 28.2. The molecule has 2 amide bonds. The number of aromatic nitrogens is 5. The Balaban J connectivity index is 1.28. The Hall–Kier alpha value is -4.93. The number of H-pyrrole nitrogens is 1. The number of benzene rings is 3. The molecule has 0 aliphatic heterocycles. The molecule has 10 nitrogen and oxygen atoms in total. The van der Waals surface area contributed by atoms with Crippen LogP contribution in [0.15, 0.2) is 83.9 Å². The molecule has 0 bridgehead atoms. The Bertz CT molecular complexity index is 2040. The summed E-state index contributed by atoms with van der Waals surface area (Å²) in [6.07, 6.45) is 5.47. The van der Waals surface area contributed by atoms with Crippen molar-refractivity contribution in [3.8, 4) is 17.2 Å². The summed E-state index contributed by atoms with van der Waals surface area (Å²) in [6.45, 7) is 2.11. The number of urea groups is 1. The topological polar surface area (TPSA) is 127 Å². The molecule has 3 aromatic carbocycles. The minimum absolute atomic E-state index is 0.322. The molecule has 3 N–H and O–H groups in total. The number of amides is 2. The van der Waals surface area contributed by atoms with Gasteiger partial charge in [-0.05, 0) is 43.2 Å². The highest BCUT2D eigenvalue weighted by atomic mass is 35.5. The highest BCUT2D eigenvalue weighted by molar-refractivity contribution is 6.42. The first-order valence-corrected chi connectivity index (χ1v) is 14.3. The van der Waals surface area contributed by atoms with Gasteiger partial charge in [-0.25, -0.2) is 19.4 Å². The number of anilines is 2. The number of aromatic amines is 1. The summed E-state index contributed by atoms with van der Waals surface area (Å²) in [4.78, 5) is 36.0. The highest BCUT2D eigenvalue weighted by Crippen LogP contribution is 2.36. The van der Waals surface area contributed by atoms with Crippen LogP contribution in [0.4, 0.5) is 16.3 Å². The number of unbranched alkanes of at least 4 members (excludes halogenated alkanes) is 1. The van der Waals surface area contributed by atoms with Crippen molar-refractivity contribution in [2.45, 2.75) is 26.2 Å². The lowest BCUT2D eigenvalue weighted by molar-refractivity contribution is 0.262. The largest absolute Gasteiger partial charge is 0.454 e. The first-order valence-electron chi connectivity index (χ1n) is 13.6. The fourth-order valence-corrected chi connectivity index (χ4v) is 4.97. The molecule has 0 atom stereocenters. The van der Waals surface area contributed by atoms with E-state index in [1.54, 1.807) is 41.1 Å². The van der Waals surface area contributed by atoms with Crippen LogP contribution in [0, 0.1) is 0 Å². The number of hydrogen-bond acceptors (Lipinski definition) is 6. The van der Waals surface area contributed by atoms with Gasteiger partial charge in [-0.2, -0.15) is 5.10 Å². The molecule has 216 valence electrons. The van der Waals surface area contributed by atoms with E-state index >= 15 is 0 Å². The number of halogens is 2. The second-order valence-electron chi connectivity index (χ2n) is 9.73. The van der Waals surface area contributed by atoms with E-state index in [2.05, 4.69) is 32.5 Å². The fraction of sp³-hybridized carbons (Fsp3) is 0.129. The molecule has 0 unspecified atom stereocenters. The summed E-state index contributed by atoms with van der Waals surface area (Å²) in [5.41, 5.74) is 2.48. The van der Waals surface area contributed by atoms with Crippen LogP contribution >= 0.6 is 23.2 Å². The molecule has 6 rings (SSSR count). The van der Waals surface area contributed by atoms with Crippen LogP contribution in [0.1, 0.15) is 25.5 Å². The molecular formula is C31H25Cl2N7O3. The third-order valence-corrected chi connectivity index (χ3v) is 7.47. The normalized spacial score (nSPS) is 11.1. The minimum atomic E-state index is -0.449.